The molecule has 1 heterocycles. The lowest BCUT2D eigenvalue weighted by Crippen LogP contribution is -2.58. The second kappa shape index (κ2) is 4.78. The number of hydrogen-bond donors (Lipinski definition) is 0. The van der Waals surface area contributed by atoms with Crippen LogP contribution in [0.4, 0.5) is 0 Å². The van der Waals surface area contributed by atoms with E-state index in [9.17, 15) is 4.79 Å². The zero-order valence-electron chi connectivity index (χ0n) is 9.79. The second-order valence-electron chi connectivity index (χ2n) is 4.38. The first-order valence-electron chi connectivity index (χ1n) is 5.57. The van der Waals surface area contributed by atoms with Crippen molar-refractivity contribution in [1.82, 2.24) is 9.80 Å². The van der Waals surface area contributed by atoms with Crippen LogP contribution >= 0.6 is 0 Å². The van der Waals surface area contributed by atoms with Crippen molar-refractivity contribution in [2.24, 2.45) is 0 Å². The fourth-order valence-electron chi connectivity index (χ4n) is 2.55. The van der Waals surface area contributed by atoms with Gasteiger partial charge < -0.3 is 4.90 Å². The molecule has 0 aromatic rings. The standard InChI is InChI=1S/C11H22N2O/c1-5-6-12-7-9(2)13(11(4)14)10(3)8-12/h9-10H,5-8H2,1-4H3/t9-,10-/m1/s1. The van der Waals surface area contributed by atoms with Gasteiger partial charge in [0.25, 0.3) is 0 Å². The summed E-state index contributed by atoms with van der Waals surface area (Å²) in [6.07, 6.45) is 1.19. The van der Waals surface area contributed by atoms with E-state index in [-0.39, 0.29) is 5.91 Å². The summed E-state index contributed by atoms with van der Waals surface area (Å²) in [4.78, 5) is 15.9. The van der Waals surface area contributed by atoms with E-state index in [1.165, 1.54) is 6.42 Å². The monoisotopic (exact) mass is 198 g/mol. The van der Waals surface area contributed by atoms with Crippen LogP contribution in [0.3, 0.4) is 0 Å². The average Bonchev–Trinajstić information content (AvgIpc) is 2.01. The van der Waals surface area contributed by atoms with Crippen molar-refractivity contribution in [2.75, 3.05) is 19.6 Å². The van der Waals surface area contributed by atoms with Gasteiger partial charge in [0, 0.05) is 32.1 Å². The summed E-state index contributed by atoms with van der Waals surface area (Å²) >= 11 is 0. The second-order valence-corrected chi connectivity index (χ2v) is 4.38. The third-order valence-corrected chi connectivity index (χ3v) is 2.90. The molecule has 3 nitrogen and oxygen atoms in total. The Morgan fingerprint density at radius 1 is 1.29 bits per heavy atom. The molecule has 1 rings (SSSR count). The molecule has 0 bridgehead atoms. The van der Waals surface area contributed by atoms with Gasteiger partial charge >= 0.3 is 0 Å². The van der Waals surface area contributed by atoms with Crippen molar-refractivity contribution in [3.05, 3.63) is 0 Å². The molecule has 14 heavy (non-hydrogen) atoms. The minimum absolute atomic E-state index is 0.209. The molecule has 0 N–H and O–H groups in total. The van der Waals surface area contributed by atoms with E-state index >= 15 is 0 Å². The Morgan fingerprint density at radius 2 is 1.79 bits per heavy atom. The summed E-state index contributed by atoms with van der Waals surface area (Å²) in [5, 5.41) is 0. The minimum atomic E-state index is 0.209. The van der Waals surface area contributed by atoms with Crippen molar-refractivity contribution in [1.29, 1.82) is 0 Å². The number of hydrogen-bond acceptors (Lipinski definition) is 2. The molecule has 0 saturated carbocycles. The maximum Gasteiger partial charge on any atom is 0.220 e. The zero-order valence-corrected chi connectivity index (χ0v) is 9.79. The number of rotatable bonds is 2. The molecule has 0 aromatic heterocycles. The SMILES string of the molecule is CCCN1C[C@@H](C)N(C(C)=O)[C@H](C)C1. The van der Waals surface area contributed by atoms with Gasteiger partial charge in [-0.05, 0) is 26.8 Å². The Bertz CT molecular complexity index is 193. The van der Waals surface area contributed by atoms with Gasteiger partial charge in [-0.2, -0.15) is 0 Å². The summed E-state index contributed by atoms with van der Waals surface area (Å²) in [5.41, 5.74) is 0. The maximum atomic E-state index is 11.4. The largest absolute Gasteiger partial charge is 0.335 e. The number of nitrogens with zero attached hydrogens (tertiary/aromatic N) is 2. The fourth-order valence-corrected chi connectivity index (χ4v) is 2.55. The van der Waals surface area contributed by atoms with Crippen molar-refractivity contribution in [3.63, 3.8) is 0 Å². The summed E-state index contributed by atoms with van der Waals surface area (Å²) in [6.45, 7) is 11.4. The Balaban J connectivity index is 2.58. The Morgan fingerprint density at radius 3 is 2.14 bits per heavy atom. The highest BCUT2D eigenvalue weighted by molar-refractivity contribution is 5.74. The van der Waals surface area contributed by atoms with E-state index < -0.39 is 0 Å². The molecule has 1 amide bonds. The highest BCUT2D eigenvalue weighted by atomic mass is 16.2. The van der Waals surface area contributed by atoms with E-state index in [4.69, 9.17) is 0 Å². The molecule has 1 aliphatic rings. The molecule has 0 aliphatic carbocycles. The molecule has 1 fully saturated rings. The van der Waals surface area contributed by atoms with Crippen LogP contribution < -0.4 is 0 Å². The van der Waals surface area contributed by atoms with Gasteiger partial charge in [0.05, 0.1) is 0 Å². The van der Waals surface area contributed by atoms with Crippen LogP contribution in [0.2, 0.25) is 0 Å². The molecule has 82 valence electrons. The number of amides is 1. The van der Waals surface area contributed by atoms with Gasteiger partial charge in [-0.15, -0.1) is 0 Å². The Kier molecular flexibility index (Phi) is 3.93. The summed E-state index contributed by atoms with van der Waals surface area (Å²) in [5.74, 6) is 0.209. The molecular weight excluding hydrogens is 176 g/mol. The van der Waals surface area contributed by atoms with Crippen LogP contribution in [0.15, 0.2) is 0 Å². The van der Waals surface area contributed by atoms with Crippen LogP contribution in [-0.2, 0) is 4.79 Å². The average molecular weight is 198 g/mol. The van der Waals surface area contributed by atoms with Crippen LogP contribution in [0.25, 0.3) is 0 Å². The molecule has 1 saturated heterocycles. The molecular formula is C11H22N2O. The zero-order chi connectivity index (χ0) is 10.7. The third-order valence-electron chi connectivity index (χ3n) is 2.90. The lowest BCUT2D eigenvalue weighted by molar-refractivity contribution is -0.136. The molecule has 0 aromatic carbocycles. The van der Waals surface area contributed by atoms with Gasteiger partial charge in [0.15, 0.2) is 0 Å². The normalized spacial score (nSPS) is 29.3. The van der Waals surface area contributed by atoms with Crippen molar-refractivity contribution in [3.8, 4) is 0 Å². The maximum absolute atomic E-state index is 11.4. The van der Waals surface area contributed by atoms with Crippen molar-refractivity contribution < 1.29 is 4.79 Å². The Hall–Kier alpha value is -0.570. The number of carbonyl (C=O) groups excluding carboxylic acids is 1. The fraction of sp³-hybridized carbons (Fsp3) is 0.909. The molecule has 3 heteroatoms. The summed E-state index contributed by atoms with van der Waals surface area (Å²) in [6, 6.07) is 0.727. The molecule has 0 radical (unpaired) electrons. The van der Waals surface area contributed by atoms with E-state index in [2.05, 4.69) is 25.7 Å². The third kappa shape index (κ3) is 2.47. The lowest BCUT2D eigenvalue weighted by Gasteiger charge is -2.44. The van der Waals surface area contributed by atoms with Gasteiger partial charge in [-0.25, -0.2) is 0 Å². The van der Waals surface area contributed by atoms with E-state index in [0.29, 0.717) is 12.1 Å². The molecule has 0 unspecified atom stereocenters. The number of piperazine rings is 1. The Labute approximate surface area is 87.1 Å². The van der Waals surface area contributed by atoms with Gasteiger partial charge in [-0.1, -0.05) is 6.92 Å². The van der Waals surface area contributed by atoms with E-state index in [0.717, 1.165) is 19.6 Å². The molecule has 1 aliphatic heterocycles. The van der Waals surface area contributed by atoms with Crippen LogP contribution in [0.1, 0.15) is 34.1 Å². The highest BCUT2D eigenvalue weighted by Gasteiger charge is 2.30. The van der Waals surface area contributed by atoms with Gasteiger partial charge in [0.2, 0.25) is 5.91 Å². The predicted octanol–water partition coefficient (Wildman–Crippen LogP) is 1.34. The summed E-state index contributed by atoms with van der Waals surface area (Å²) in [7, 11) is 0. The van der Waals surface area contributed by atoms with Gasteiger partial charge in [-0.3, -0.25) is 9.69 Å². The van der Waals surface area contributed by atoms with E-state index in [1.54, 1.807) is 6.92 Å². The van der Waals surface area contributed by atoms with Crippen molar-refractivity contribution >= 4 is 5.91 Å². The first kappa shape index (κ1) is 11.5. The lowest BCUT2D eigenvalue weighted by atomic mass is 10.1. The molecule has 0 spiro atoms. The topological polar surface area (TPSA) is 23.6 Å². The smallest absolute Gasteiger partial charge is 0.220 e. The predicted molar refractivity (Wildman–Crippen MR) is 58.2 cm³/mol. The van der Waals surface area contributed by atoms with Crippen molar-refractivity contribution in [2.45, 2.75) is 46.2 Å². The van der Waals surface area contributed by atoms with E-state index in [1.807, 2.05) is 4.90 Å². The minimum Gasteiger partial charge on any atom is -0.335 e. The number of carbonyl (C=O) groups is 1. The van der Waals surface area contributed by atoms with Crippen LogP contribution in [0.5, 0.6) is 0 Å². The summed E-state index contributed by atoms with van der Waals surface area (Å²) < 4.78 is 0. The first-order chi connectivity index (χ1) is 6.56. The first-order valence-corrected chi connectivity index (χ1v) is 5.57. The quantitative estimate of drug-likeness (QED) is 0.668. The highest BCUT2D eigenvalue weighted by Crippen LogP contribution is 2.15. The molecule has 2 atom stereocenters. The van der Waals surface area contributed by atoms with Crippen LogP contribution in [0, 0.1) is 0 Å². The van der Waals surface area contributed by atoms with Crippen LogP contribution in [-0.4, -0.2) is 47.4 Å². The van der Waals surface area contributed by atoms with Gasteiger partial charge in [0.1, 0.15) is 0 Å².